The fourth-order valence-electron chi connectivity index (χ4n) is 4.05. The Balaban J connectivity index is -0.000000321. The molecule has 6 heterocycles. The van der Waals surface area contributed by atoms with Gasteiger partial charge in [-0.15, -0.1) is 5.10 Å². The van der Waals surface area contributed by atoms with Crippen molar-refractivity contribution in [1.82, 2.24) is 44.9 Å². The van der Waals surface area contributed by atoms with Crippen LogP contribution in [0.15, 0.2) is 52.9 Å². The molecule has 0 saturated carbocycles. The van der Waals surface area contributed by atoms with Gasteiger partial charge in [-0.3, -0.25) is 0 Å². The molecule has 6 rings (SSSR count). The molecule has 15 heteroatoms. The second-order valence-electron chi connectivity index (χ2n) is 19.4. The summed E-state index contributed by atoms with van der Waals surface area (Å²) in [6.07, 6.45) is 12.4. The van der Waals surface area contributed by atoms with E-state index in [1.165, 1.54) is 6.39 Å². The number of hydrogen-bond donors (Lipinski definition) is 0. The first-order chi connectivity index (χ1) is 29.1. The van der Waals surface area contributed by atoms with Gasteiger partial charge in [-0.1, -0.05) is 138 Å². The lowest BCUT2D eigenvalue weighted by atomic mass is 9.94. The minimum atomic E-state index is 0.00116. The smallest absolute Gasteiger partial charge is 0.199 e. The summed E-state index contributed by atoms with van der Waals surface area (Å²) in [7, 11) is 0. The van der Waals surface area contributed by atoms with E-state index in [4.69, 9.17) is 27.8 Å². The summed E-state index contributed by atoms with van der Waals surface area (Å²) in [4.78, 5) is 11.7. The average Bonchev–Trinajstić information content (AvgIpc) is 4.07. The van der Waals surface area contributed by atoms with Crippen molar-refractivity contribution in [3.8, 4) is 0 Å². The van der Waals surface area contributed by atoms with Gasteiger partial charge in [0.1, 0.15) is 31.0 Å². The van der Waals surface area contributed by atoms with Gasteiger partial charge in [-0.25, -0.2) is 24.3 Å². The molecule has 0 unspecified atom stereocenters. The van der Waals surface area contributed by atoms with Crippen LogP contribution in [0, 0.1) is 10.8 Å². The van der Waals surface area contributed by atoms with Crippen LogP contribution in [0.2, 0.25) is 0 Å². The normalized spacial score (nSPS) is 14.1. The van der Waals surface area contributed by atoms with Crippen LogP contribution in [-0.2, 0) is 40.9 Å². The number of nitrogens with zero attached hydrogens (tertiary/aromatic N) is 9. The molecule has 2 aliphatic rings. The minimum Gasteiger partial charge on any atom is -0.448 e. The molecule has 2 saturated heterocycles. The van der Waals surface area contributed by atoms with E-state index in [9.17, 15) is 0 Å². The van der Waals surface area contributed by atoms with Gasteiger partial charge < -0.3 is 27.8 Å². The second kappa shape index (κ2) is 33.9. The predicted octanol–water partition coefficient (Wildman–Crippen LogP) is 12.7. The van der Waals surface area contributed by atoms with Crippen LogP contribution >= 0.6 is 0 Å². The summed E-state index contributed by atoms with van der Waals surface area (Å²) in [6.45, 7) is 56.8. The van der Waals surface area contributed by atoms with Gasteiger partial charge in [-0.05, 0) is 58.4 Å². The number of tetrazole rings is 1. The quantitative estimate of drug-likeness (QED) is 0.164. The largest absolute Gasteiger partial charge is 0.448 e. The maximum absolute atomic E-state index is 5.42. The number of rotatable bonds is 0. The van der Waals surface area contributed by atoms with E-state index in [-0.39, 0.29) is 45.3 Å². The summed E-state index contributed by atoms with van der Waals surface area (Å²) in [5, 5.41) is 14.8. The van der Waals surface area contributed by atoms with Crippen molar-refractivity contribution in [1.29, 1.82) is 0 Å². The summed E-state index contributed by atoms with van der Waals surface area (Å²) in [5.74, 6) is 1.73. The molecule has 0 radical (unpaired) electrons. The van der Waals surface area contributed by atoms with Gasteiger partial charge in [0, 0.05) is 21.7 Å². The zero-order chi connectivity index (χ0) is 50.1. The first-order valence-electron chi connectivity index (χ1n) is 23.0. The molecule has 0 aromatic carbocycles. The Morgan fingerprint density at radius 3 is 1.21 bits per heavy atom. The summed E-state index contributed by atoms with van der Waals surface area (Å²) in [5.41, 5.74) is 0.469. The molecule has 2 aliphatic heterocycles. The van der Waals surface area contributed by atoms with Crippen molar-refractivity contribution in [2.75, 3.05) is 26.4 Å². The van der Waals surface area contributed by atoms with Gasteiger partial charge in [0.25, 0.3) is 0 Å². The van der Waals surface area contributed by atoms with Gasteiger partial charge >= 0.3 is 0 Å². The van der Waals surface area contributed by atoms with Crippen LogP contribution in [-0.4, -0.2) is 83.9 Å². The Hall–Kier alpha value is -3.53. The Morgan fingerprint density at radius 2 is 1.00 bits per heavy atom. The highest BCUT2D eigenvalue weighted by Crippen LogP contribution is 2.26. The minimum absolute atomic E-state index is 0.00116. The SMILES string of the molecule is CC.CC.CC.CC.CC(C)(C)C1OCCCO1.CC(C)(C)C1OCCO1.CC(C)(C)c1cnco1.CC(C)(C)c1ncco1.CC(C)(C)n1cncn1.CC(C)(C)n1cnnn1. The van der Waals surface area contributed by atoms with Crippen LogP contribution in [0.3, 0.4) is 0 Å². The third-order valence-corrected chi connectivity index (χ3v) is 7.25. The molecule has 15 nitrogen and oxygen atoms in total. The lowest BCUT2D eigenvalue weighted by Crippen LogP contribution is -2.36. The second-order valence-corrected chi connectivity index (χ2v) is 19.4. The van der Waals surface area contributed by atoms with Gasteiger partial charge in [0.05, 0.1) is 49.9 Å². The average molecular weight is 896 g/mol. The maximum atomic E-state index is 5.42. The van der Waals surface area contributed by atoms with E-state index >= 15 is 0 Å². The Morgan fingerprint density at radius 1 is 0.540 bits per heavy atom. The number of hydrogen-bond acceptors (Lipinski definition) is 13. The third kappa shape index (κ3) is 32.7. The molecular formula is C48H97N9O6. The molecule has 370 valence electrons. The molecular weight excluding hydrogens is 799 g/mol. The number of aromatic nitrogens is 9. The van der Waals surface area contributed by atoms with E-state index in [0.717, 1.165) is 44.5 Å². The van der Waals surface area contributed by atoms with Crippen molar-refractivity contribution < 1.29 is 27.8 Å². The van der Waals surface area contributed by atoms with Gasteiger partial charge in [0.2, 0.25) is 0 Å². The van der Waals surface area contributed by atoms with Crippen molar-refractivity contribution in [2.45, 2.75) is 221 Å². The standard InChI is InChI=1S/C8H16O2.2C7H11NO.C7H14O2.C6H11N3.C5H10N4.4C2H6/c1-8(2,3)7-9-5-4-6-10-7;1-7(2,3)6-4-8-5-9-6;2*1-7(2,3)6-8-4-5-9-6;1-6(2,3)9-5-7-4-8-9;1-5(2,3)9-4-6-7-8-9;4*1-2/h7H,4-6H2,1-3H3;2*4-5H,1-3H3;6H,4-5H2,1-3H3;4-5H,1-3H3;4H,1-3H3;4*1-2H3. The van der Waals surface area contributed by atoms with Crippen LogP contribution in [0.25, 0.3) is 0 Å². The predicted molar refractivity (Wildman–Crippen MR) is 259 cm³/mol. The van der Waals surface area contributed by atoms with Crippen molar-refractivity contribution in [2.24, 2.45) is 10.8 Å². The van der Waals surface area contributed by atoms with Gasteiger partial charge in [-0.2, -0.15) is 5.10 Å². The Bertz CT molecular complexity index is 1300. The molecule has 0 N–H and O–H groups in total. The topological polar surface area (TPSA) is 163 Å². The summed E-state index contributed by atoms with van der Waals surface area (Å²) in [6, 6.07) is 0. The molecule has 0 atom stereocenters. The van der Waals surface area contributed by atoms with E-state index in [0.29, 0.717) is 0 Å². The number of ether oxygens (including phenoxy) is 4. The van der Waals surface area contributed by atoms with E-state index in [1.54, 1.807) is 42.3 Å². The van der Waals surface area contributed by atoms with Crippen LogP contribution < -0.4 is 0 Å². The fraction of sp³-hybridized carbons (Fsp3) is 0.812. The molecule has 0 amide bonds. The molecule has 4 aromatic rings. The van der Waals surface area contributed by atoms with E-state index in [1.807, 2.05) is 80.8 Å². The monoisotopic (exact) mass is 896 g/mol. The highest BCUT2D eigenvalue weighted by molar-refractivity contribution is 5.02. The number of oxazole rings is 2. The van der Waals surface area contributed by atoms with Gasteiger partial charge in [0.15, 0.2) is 24.9 Å². The summed E-state index contributed by atoms with van der Waals surface area (Å²) < 4.78 is 35.1. The molecule has 2 fully saturated rings. The van der Waals surface area contributed by atoms with Crippen LogP contribution in [0.4, 0.5) is 0 Å². The molecule has 0 bridgehead atoms. The van der Waals surface area contributed by atoms with Crippen molar-refractivity contribution in [3.63, 3.8) is 0 Å². The zero-order valence-electron chi connectivity index (χ0n) is 45.2. The summed E-state index contributed by atoms with van der Waals surface area (Å²) >= 11 is 0. The van der Waals surface area contributed by atoms with Crippen LogP contribution in [0.5, 0.6) is 0 Å². The van der Waals surface area contributed by atoms with E-state index < -0.39 is 0 Å². The first-order valence-corrected chi connectivity index (χ1v) is 23.0. The fourth-order valence-corrected chi connectivity index (χ4v) is 4.05. The zero-order valence-corrected chi connectivity index (χ0v) is 45.2. The molecule has 63 heavy (non-hydrogen) atoms. The van der Waals surface area contributed by atoms with Crippen molar-refractivity contribution in [3.05, 3.63) is 55.7 Å². The Kier molecular flexibility index (Phi) is 35.6. The molecule has 0 aliphatic carbocycles. The van der Waals surface area contributed by atoms with Crippen molar-refractivity contribution >= 4 is 0 Å². The lowest BCUT2D eigenvalue weighted by molar-refractivity contribution is -0.224. The molecule has 4 aromatic heterocycles. The highest BCUT2D eigenvalue weighted by atomic mass is 16.7. The molecule has 0 spiro atoms. The Labute approximate surface area is 385 Å². The third-order valence-electron chi connectivity index (χ3n) is 7.25. The first kappa shape index (κ1) is 66.1. The highest BCUT2D eigenvalue weighted by Gasteiger charge is 2.29. The van der Waals surface area contributed by atoms with Crippen LogP contribution in [0.1, 0.15) is 198 Å². The maximum Gasteiger partial charge on any atom is 0.199 e. The lowest BCUT2D eigenvalue weighted by Gasteiger charge is -2.33. The van der Waals surface area contributed by atoms with E-state index in [2.05, 4.69) is 139 Å².